The van der Waals surface area contributed by atoms with Gasteiger partial charge in [0.25, 0.3) is 5.91 Å². The van der Waals surface area contributed by atoms with E-state index in [-0.39, 0.29) is 26.1 Å². The average molecular weight is 666 g/mol. The van der Waals surface area contributed by atoms with Crippen molar-refractivity contribution >= 4 is 50.8 Å². The van der Waals surface area contributed by atoms with Crippen LogP contribution < -0.4 is 4.31 Å². The van der Waals surface area contributed by atoms with Gasteiger partial charge in [-0.15, -0.1) is 0 Å². The Morgan fingerprint density at radius 2 is 1.73 bits per heavy atom. The minimum atomic E-state index is -3.96. The molecule has 3 aromatic rings. The maximum atomic E-state index is 15.1. The number of ether oxygens (including phenoxy) is 1. The largest absolute Gasteiger partial charge is 0.481 e. The van der Waals surface area contributed by atoms with Crippen LogP contribution in [0.1, 0.15) is 63.3 Å². The van der Waals surface area contributed by atoms with Gasteiger partial charge in [0.1, 0.15) is 18.0 Å². The molecule has 1 saturated heterocycles. The van der Waals surface area contributed by atoms with Crippen LogP contribution >= 0.6 is 23.2 Å². The Kier molecular flexibility index (Phi) is 10.6. The monoisotopic (exact) mass is 664 g/mol. The van der Waals surface area contributed by atoms with Gasteiger partial charge in [-0.25, -0.2) is 12.8 Å². The molecule has 3 aromatic carbocycles. The van der Waals surface area contributed by atoms with Gasteiger partial charge >= 0.3 is 5.97 Å². The van der Waals surface area contributed by atoms with Crippen LogP contribution in [0, 0.1) is 5.82 Å². The fraction of sp³-hybridized carbons (Fsp3) is 0.375. The lowest BCUT2D eigenvalue weighted by atomic mass is 9.89. The molecular formula is C32H35Cl2FN2O6S. The van der Waals surface area contributed by atoms with Crippen LogP contribution in [0.3, 0.4) is 0 Å². The number of aliphatic carboxylic acids is 1. The maximum Gasteiger partial charge on any atom is 0.306 e. The number of nitrogens with zero attached hydrogens (tertiary/aromatic N) is 2. The Morgan fingerprint density at radius 1 is 1.05 bits per heavy atom. The third-order valence-electron chi connectivity index (χ3n) is 7.79. The van der Waals surface area contributed by atoms with E-state index in [9.17, 15) is 23.1 Å². The van der Waals surface area contributed by atoms with Crippen molar-refractivity contribution in [1.29, 1.82) is 0 Å². The van der Waals surface area contributed by atoms with Crippen LogP contribution in [-0.4, -0.2) is 54.2 Å². The molecular weight excluding hydrogens is 630 g/mol. The van der Waals surface area contributed by atoms with Crippen molar-refractivity contribution in [2.45, 2.75) is 69.6 Å². The molecule has 44 heavy (non-hydrogen) atoms. The summed E-state index contributed by atoms with van der Waals surface area (Å²) in [5, 5.41) is 9.91. The molecule has 1 heterocycles. The Balaban J connectivity index is 0.00000442. The van der Waals surface area contributed by atoms with Crippen LogP contribution in [0.4, 0.5) is 10.1 Å². The molecule has 1 saturated carbocycles. The number of para-hydroxylation sites is 1. The van der Waals surface area contributed by atoms with Gasteiger partial charge in [-0.2, -0.15) is 0 Å². The third-order valence-corrected chi connectivity index (χ3v) is 10.6. The van der Waals surface area contributed by atoms with E-state index in [4.69, 9.17) is 27.9 Å². The number of rotatable bonds is 11. The molecule has 236 valence electrons. The molecule has 12 heteroatoms. The highest BCUT2D eigenvalue weighted by Gasteiger charge is 2.49. The summed E-state index contributed by atoms with van der Waals surface area (Å²) in [6, 6.07) is 17.7. The van der Waals surface area contributed by atoms with Crippen molar-refractivity contribution in [3.63, 3.8) is 0 Å². The lowest BCUT2D eigenvalue weighted by Gasteiger charge is -2.48. The highest BCUT2D eigenvalue weighted by atomic mass is 35.5. The first-order chi connectivity index (χ1) is 20.5. The number of amides is 1. The first kappa shape index (κ1) is 33.7. The minimum absolute atomic E-state index is 0. The number of carbonyl (C=O) groups excluding carboxylic acids is 1. The molecule has 0 spiro atoms. The molecule has 1 aliphatic carbocycles. The maximum absolute atomic E-state index is 15.1. The number of hydrogen-bond donors (Lipinski definition) is 1. The lowest BCUT2D eigenvalue weighted by Crippen LogP contribution is -2.58. The van der Waals surface area contributed by atoms with Crippen molar-refractivity contribution in [3.8, 4) is 0 Å². The van der Waals surface area contributed by atoms with E-state index in [1.54, 1.807) is 61.5 Å². The Morgan fingerprint density at radius 3 is 2.32 bits per heavy atom. The number of carboxylic acid groups (broad SMARTS) is 1. The van der Waals surface area contributed by atoms with Gasteiger partial charge in [-0.05, 0) is 66.8 Å². The molecule has 5 rings (SSSR count). The average Bonchev–Trinajstić information content (AvgIpc) is 3.82. The molecule has 2 aliphatic rings. The zero-order chi connectivity index (χ0) is 30.9. The normalized spacial score (nSPS) is 21.0. The number of morpholine rings is 1. The van der Waals surface area contributed by atoms with E-state index in [2.05, 4.69) is 0 Å². The molecule has 0 radical (unpaired) electrons. The van der Waals surface area contributed by atoms with Gasteiger partial charge in [0.2, 0.25) is 10.0 Å². The third kappa shape index (κ3) is 7.04. The number of carbonyl (C=O) groups is 2. The first-order valence-electron chi connectivity index (χ1n) is 14.0. The van der Waals surface area contributed by atoms with Gasteiger partial charge < -0.3 is 14.7 Å². The van der Waals surface area contributed by atoms with Crippen molar-refractivity contribution < 1.29 is 32.2 Å². The Bertz CT molecular complexity index is 1600. The molecule has 1 N–H and O–H groups in total. The summed E-state index contributed by atoms with van der Waals surface area (Å²) in [4.78, 5) is 27.5. The van der Waals surface area contributed by atoms with Crippen LogP contribution in [0.15, 0.2) is 72.8 Å². The van der Waals surface area contributed by atoms with Crippen LogP contribution in [0.25, 0.3) is 0 Å². The van der Waals surface area contributed by atoms with Crippen LogP contribution in [0.5, 0.6) is 0 Å². The molecule has 0 aromatic heterocycles. The zero-order valence-corrected chi connectivity index (χ0v) is 25.6. The topological polar surface area (TPSA) is 104 Å². The number of sulfonamides is 1. The second kappa shape index (κ2) is 13.9. The molecule has 8 nitrogen and oxygen atoms in total. The van der Waals surface area contributed by atoms with E-state index in [0.717, 1.165) is 4.31 Å². The van der Waals surface area contributed by atoms with Gasteiger partial charge in [-0.3, -0.25) is 13.9 Å². The van der Waals surface area contributed by atoms with Crippen molar-refractivity contribution in [3.05, 3.63) is 99.8 Å². The zero-order valence-electron chi connectivity index (χ0n) is 23.3. The van der Waals surface area contributed by atoms with Gasteiger partial charge in [-0.1, -0.05) is 74.0 Å². The molecule has 1 amide bonds. The van der Waals surface area contributed by atoms with Gasteiger partial charge in [0.05, 0.1) is 36.0 Å². The second-order valence-electron chi connectivity index (χ2n) is 10.7. The fourth-order valence-corrected chi connectivity index (χ4v) is 7.76. The minimum Gasteiger partial charge on any atom is -0.481 e. The van der Waals surface area contributed by atoms with E-state index in [1.807, 2.05) is 0 Å². The highest BCUT2D eigenvalue weighted by Crippen LogP contribution is 2.45. The fourth-order valence-electron chi connectivity index (χ4n) is 5.54. The van der Waals surface area contributed by atoms with E-state index in [0.29, 0.717) is 34.0 Å². The highest BCUT2D eigenvalue weighted by molar-refractivity contribution is 7.93. The van der Waals surface area contributed by atoms with E-state index in [1.165, 1.54) is 23.1 Å². The second-order valence-corrected chi connectivity index (χ2v) is 13.7. The predicted molar refractivity (Wildman–Crippen MR) is 169 cm³/mol. The molecule has 0 unspecified atom stereocenters. The van der Waals surface area contributed by atoms with Crippen LogP contribution in [-0.2, 0) is 24.3 Å². The predicted octanol–water partition coefficient (Wildman–Crippen LogP) is 7.03. The number of hydrogen-bond acceptors (Lipinski definition) is 5. The lowest BCUT2D eigenvalue weighted by molar-refractivity contribution is -0.183. The van der Waals surface area contributed by atoms with Gasteiger partial charge in [0, 0.05) is 10.0 Å². The number of benzene rings is 3. The van der Waals surface area contributed by atoms with Gasteiger partial charge in [0.15, 0.2) is 0 Å². The Hall–Kier alpha value is -3.18. The number of anilines is 1. The smallest absolute Gasteiger partial charge is 0.306 e. The standard InChI is InChI=1S/C31H31Cl2FN2O6S.CH4/c1-2-23(18-35(43(40,41)24-14-15-24)26-9-4-3-8-25(26)34)36-29(19-10-12-21(32)13-11-19)30(20-6-5-7-22(33)16-20)42-27(31(36)39)17-28(37)38;/h3-13,16,23-24,27,29-30H,2,14-15,17-18H2,1H3,(H,37,38);1H4/t23-,27+,29+,30+;/m0./s1. The number of halogens is 3. The summed E-state index contributed by atoms with van der Waals surface area (Å²) in [6.45, 7) is 1.56. The Labute approximate surface area is 267 Å². The number of carboxylic acids is 1. The summed E-state index contributed by atoms with van der Waals surface area (Å²) in [5.74, 6) is -2.54. The van der Waals surface area contributed by atoms with E-state index < -0.39 is 63.7 Å². The summed E-state index contributed by atoms with van der Waals surface area (Å²) >= 11 is 12.5. The van der Waals surface area contributed by atoms with E-state index >= 15 is 4.39 Å². The van der Waals surface area contributed by atoms with Crippen molar-refractivity contribution in [2.75, 3.05) is 10.8 Å². The van der Waals surface area contributed by atoms with Crippen molar-refractivity contribution in [1.82, 2.24) is 4.90 Å². The SMILES string of the molecule is C.CC[C@@H](CN(c1ccccc1F)S(=O)(=O)C1CC1)N1C(=O)[C@@H](CC(=O)O)O[C@H](c2cccc(Cl)c2)[C@H]1c1ccc(Cl)cc1. The van der Waals surface area contributed by atoms with Crippen LogP contribution in [0.2, 0.25) is 10.0 Å². The van der Waals surface area contributed by atoms with Crippen molar-refractivity contribution in [2.24, 2.45) is 0 Å². The summed E-state index contributed by atoms with van der Waals surface area (Å²) in [7, 11) is -3.96. The summed E-state index contributed by atoms with van der Waals surface area (Å²) in [6.07, 6.45) is -1.62. The first-order valence-corrected chi connectivity index (χ1v) is 16.2. The molecule has 2 fully saturated rings. The molecule has 4 atom stereocenters. The molecule has 1 aliphatic heterocycles. The molecule has 0 bridgehead atoms. The summed E-state index contributed by atoms with van der Waals surface area (Å²) < 4.78 is 49.9. The summed E-state index contributed by atoms with van der Waals surface area (Å²) in [5.41, 5.74) is 1.13. The quantitative estimate of drug-likeness (QED) is 0.236.